The number of fused-ring (bicyclic) bond motifs is 1. The van der Waals surface area contributed by atoms with Gasteiger partial charge in [0.2, 0.25) is 0 Å². The first-order valence-corrected chi connectivity index (χ1v) is 9.05. The normalized spacial score (nSPS) is 13.2. The molecule has 0 saturated heterocycles. The molecule has 2 aromatic heterocycles. The fourth-order valence-corrected chi connectivity index (χ4v) is 3.77. The van der Waals surface area contributed by atoms with Gasteiger partial charge in [0.15, 0.2) is 5.96 Å². The van der Waals surface area contributed by atoms with Crippen molar-refractivity contribution in [3.05, 3.63) is 58.4 Å². The smallest absolute Gasteiger partial charge is 0.191 e. The highest BCUT2D eigenvalue weighted by atomic mass is 32.1. The fraction of sp³-hybridized carbons (Fsp3) is 0.316. The van der Waals surface area contributed by atoms with Crippen molar-refractivity contribution in [3.8, 4) is 0 Å². The maximum Gasteiger partial charge on any atom is 0.191 e. The molecule has 1 aromatic carbocycles. The summed E-state index contributed by atoms with van der Waals surface area (Å²) in [6.45, 7) is 4.91. The molecule has 0 amide bonds. The van der Waals surface area contributed by atoms with Gasteiger partial charge in [0.05, 0.1) is 0 Å². The van der Waals surface area contributed by atoms with Crippen LogP contribution < -0.4 is 10.6 Å². The molecule has 0 saturated carbocycles. The van der Waals surface area contributed by atoms with Crippen LogP contribution in [0.15, 0.2) is 45.8 Å². The predicted octanol–water partition coefficient (Wildman–Crippen LogP) is 3.51. The van der Waals surface area contributed by atoms with Crippen molar-refractivity contribution in [2.24, 2.45) is 4.99 Å². The number of aliphatic hydroxyl groups excluding tert-OH is 1. The van der Waals surface area contributed by atoms with Gasteiger partial charge in [-0.3, -0.25) is 4.99 Å². The summed E-state index contributed by atoms with van der Waals surface area (Å²) >= 11 is 1.62. The second-order valence-corrected chi connectivity index (χ2v) is 7.06. The number of hydrogen-bond acceptors (Lipinski definition) is 4. The highest BCUT2D eigenvalue weighted by Crippen LogP contribution is 2.29. The first-order valence-electron chi connectivity index (χ1n) is 8.24. The number of aliphatic imine (C=N–C) groups is 1. The molecule has 0 fully saturated rings. The molecule has 0 radical (unpaired) electrons. The number of nitrogens with zero attached hydrogens (tertiary/aromatic N) is 1. The van der Waals surface area contributed by atoms with Crippen molar-refractivity contribution in [2.45, 2.75) is 26.5 Å². The van der Waals surface area contributed by atoms with Crippen LogP contribution in [0.4, 0.5) is 0 Å². The molecule has 0 aliphatic rings. The van der Waals surface area contributed by atoms with E-state index in [1.54, 1.807) is 18.4 Å². The maximum absolute atomic E-state index is 10.4. The highest BCUT2D eigenvalue weighted by Gasteiger charge is 2.12. The lowest BCUT2D eigenvalue weighted by molar-refractivity contribution is 0.184. The number of thiophene rings is 1. The second-order valence-electron chi connectivity index (χ2n) is 5.95. The minimum Gasteiger partial charge on any atom is -0.466 e. The summed E-state index contributed by atoms with van der Waals surface area (Å²) in [6, 6.07) is 12.2. The third-order valence-corrected chi connectivity index (χ3v) is 5.27. The van der Waals surface area contributed by atoms with Gasteiger partial charge in [0.25, 0.3) is 0 Å². The van der Waals surface area contributed by atoms with Crippen molar-refractivity contribution < 1.29 is 9.52 Å². The van der Waals surface area contributed by atoms with Gasteiger partial charge in [-0.25, -0.2) is 0 Å². The van der Waals surface area contributed by atoms with Gasteiger partial charge in [-0.15, -0.1) is 11.3 Å². The van der Waals surface area contributed by atoms with Crippen LogP contribution in [0.2, 0.25) is 0 Å². The third kappa shape index (κ3) is 4.21. The zero-order chi connectivity index (χ0) is 17.8. The molecule has 0 aliphatic heterocycles. The second kappa shape index (κ2) is 7.72. The zero-order valence-corrected chi connectivity index (χ0v) is 15.5. The molecule has 3 aromatic rings. The molecule has 5 nitrogen and oxygen atoms in total. The van der Waals surface area contributed by atoms with E-state index >= 15 is 0 Å². The Balaban J connectivity index is 1.56. The molecule has 0 spiro atoms. The van der Waals surface area contributed by atoms with E-state index in [-0.39, 0.29) is 0 Å². The molecule has 3 N–H and O–H groups in total. The Hall–Kier alpha value is -2.31. The summed E-state index contributed by atoms with van der Waals surface area (Å²) in [5.74, 6) is 2.46. The molecule has 1 atom stereocenters. The van der Waals surface area contributed by atoms with E-state index in [2.05, 4.69) is 27.8 Å². The first kappa shape index (κ1) is 17.5. The van der Waals surface area contributed by atoms with Crippen LogP contribution >= 0.6 is 11.3 Å². The number of aliphatic hydroxyl groups is 1. The van der Waals surface area contributed by atoms with Gasteiger partial charge in [-0.1, -0.05) is 18.2 Å². The van der Waals surface area contributed by atoms with E-state index in [0.717, 1.165) is 27.3 Å². The number of guanidine groups is 1. The van der Waals surface area contributed by atoms with Crippen LogP contribution in [-0.2, 0) is 6.54 Å². The lowest BCUT2D eigenvalue weighted by Crippen LogP contribution is -2.38. The van der Waals surface area contributed by atoms with Gasteiger partial charge in [-0.2, -0.15) is 0 Å². The molecular formula is C19H23N3O2S. The topological polar surface area (TPSA) is 69.8 Å². The lowest BCUT2D eigenvalue weighted by atomic mass is 10.2. The summed E-state index contributed by atoms with van der Waals surface area (Å²) in [5.41, 5.74) is 1.10. The van der Waals surface area contributed by atoms with Crippen LogP contribution in [0.3, 0.4) is 0 Å². The Morgan fingerprint density at radius 1 is 1.24 bits per heavy atom. The third-order valence-electron chi connectivity index (χ3n) is 4.05. The maximum atomic E-state index is 10.4. The quantitative estimate of drug-likeness (QED) is 0.483. The Labute approximate surface area is 151 Å². The highest BCUT2D eigenvalue weighted by molar-refractivity contribution is 7.19. The first-order chi connectivity index (χ1) is 12.1. The molecule has 0 aliphatic carbocycles. The Morgan fingerprint density at radius 2 is 2.04 bits per heavy atom. The van der Waals surface area contributed by atoms with Gasteiger partial charge in [0.1, 0.15) is 17.6 Å². The average Bonchev–Trinajstić information content (AvgIpc) is 3.17. The van der Waals surface area contributed by atoms with Crippen molar-refractivity contribution in [1.82, 2.24) is 10.6 Å². The number of rotatable bonds is 5. The molecule has 132 valence electrons. The van der Waals surface area contributed by atoms with Crippen LogP contribution in [0, 0.1) is 13.8 Å². The number of nitrogens with one attached hydrogen (secondary N) is 2. The van der Waals surface area contributed by atoms with Crippen molar-refractivity contribution >= 4 is 27.4 Å². The van der Waals surface area contributed by atoms with Crippen LogP contribution in [0.5, 0.6) is 0 Å². The van der Waals surface area contributed by atoms with Crippen molar-refractivity contribution in [3.63, 3.8) is 0 Å². The van der Waals surface area contributed by atoms with E-state index in [1.165, 1.54) is 4.70 Å². The Morgan fingerprint density at radius 3 is 2.72 bits per heavy atom. The van der Waals surface area contributed by atoms with Crippen molar-refractivity contribution in [2.75, 3.05) is 13.6 Å². The Kier molecular flexibility index (Phi) is 5.40. The average molecular weight is 357 g/mol. The van der Waals surface area contributed by atoms with E-state index in [1.807, 2.05) is 38.1 Å². The largest absolute Gasteiger partial charge is 0.466 e. The van der Waals surface area contributed by atoms with Crippen LogP contribution in [-0.4, -0.2) is 24.7 Å². The summed E-state index contributed by atoms with van der Waals surface area (Å²) in [7, 11) is 1.72. The summed E-state index contributed by atoms with van der Waals surface area (Å²) in [4.78, 5) is 5.15. The van der Waals surface area contributed by atoms with Crippen molar-refractivity contribution in [1.29, 1.82) is 0 Å². The van der Waals surface area contributed by atoms with E-state index < -0.39 is 6.10 Å². The summed E-state index contributed by atoms with van der Waals surface area (Å²) in [6.07, 6.45) is -0.575. The van der Waals surface area contributed by atoms with Crippen LogP contribution in [0.1, 0.15) is 28.1 Å². The van der Waals surface area contributed by atoms with E-state index in [9.17, 15) is 5.11 Å². The summed E-state index contributed by atoms with van der Waals surface area (Å²) in [5, 5.41) is 18.0. The van der Waals surface area contributed by atoms with Gasteiger partial charge < -0.3 is 20.2 Å². The Bertz CT molecular complexity index is 849. The van der Waals surface area contributed by atoms with Gasteiger partial charge in [-0.05, 0) is 37.4 Å². The number of aryl methyl sites for hydroxylation is 2. The van der Waals surface area contributed by atoms with E-state index in [4.69, 9.17) is 4.42 Å². The van der Waals surface area contributed by atoms with E-state index in [0.29, 0.717) is 19.0 Å². The SMILES string of the molecule is CN=C(NCc1cc(C)oc1C)NCC(O)c1cc2ccccc2s1. The fourth-order valence-electron chi connectivity index (χ4n) is 2.72. The van der Waals surface area contributed by atoms with Crippen LogP contribution in [0.25, 0.3) is 10.1 Å². The monoisotopic (exact) mass is 357 g/mol. The summed E-state index contributed by atoms with van der Waals surface area (Å²) < 4.78 is 6.71. The minimum atomic E-state index is -0.575. The molecule has 1 unspecified atom stereocenters. The molecule has 25 heavy (non-hydrogen) atoms. The standard InChI is InChI=1S/C19H23N3O2S/c1-12-8-15(13(2)24-12)10-21-19(20-3)22-11-16(23)18-9-14-6-4-5-7-17(14)25-18/h4-9,16,23H,10-11H2,1-3H3,(H2,20,21,22). The predicted molar refractivity (Wildman–Crippen MR) is 103 cm³/mol. The van der Waals surface area contributed by atoms with Gasteiger partial charge >= 0.3 is 0 Å². The number of furan rings is 1. The molecule has 3 rings (SSSR count). The number of hydrogen-bond donors (Lipinski definition) is 3. The minimum absolute atomic E-state index is 0.399. The molecule has 6 heteroatoms. The number of benzene rings is 1. The molecule has 2 heterocycles. The molecule has 0 bridgehead atoms. The van der Waals surface area contributed by atoms with Gasteiger partial charge in [0, 0.05) is 35.3 Å². The lowest BCUT2D eigenvalue weighted by Gasteiger charge is -2.14. The zero-order valence-electron chi connectivity index (χ0n) is 14.7. The molecular weight excluding hydrogens is 334 g/mol.